The van der Waals surface area contributed by atoms with Crippen molar-refractivity contribution in [1.29, 1.82) is 0 Å². The van der Waals surface area contributed by atoms with Gasteiger partial charge in [0.05, 0.1) is 7.11 Å². The summed E-state index contributed by atoms with van der Waals surface area (Å²) in [6.45, 7) is 5.80. The first-order valence-electron chi connectivity index (χ1n) is 4.63. The second-order valence-corrected chi connectivity index (χ2v) is 3.16. The number of ether oxygens (including phenoxy) is 1. The molecule has 0 aliphatic heterocycles. The Morgan fingerprint density at radius 3 is 3.14 bits per heavy atom. The van der Waals surface area contributed by atoms with E-state index in [2.05, 4.69) is 23.8 Å². The molecule has 1 aromatic heterocycles. The third-order valence-electron chi connectivity index (χ3n) is 1.88. The van der Waals surface area contributed by atoms with Gasteiger partial charge < -0.3 is 10.1 Å². The molecule has 1 aromatic rings. The number of hydrogen-bond acceptors (Lipinski definition) is 3. The SMILES string of the molecule is C=CCC(C)Nc1ccnc(OC)c1. The van der Waals surface area contributed by atoms with Gasteiger partial charge >= 0.3 is 0 Å². The lowest BCUT2D eigenvalue weighted by molar-refractivity contribution is 0.398. The highest BCUT2D eigenvalue weighted by Crippen LogP contribution is 2.14. The van der Waals surface area contributed by atoms with E-state index in [-0.39, 0.29) is 0 Å². The highest BCUT2D eigenvalue weighted by molar-refractivity contribution is 5.45. The number of anilines is 1. The fourth-order valence-corrected chi connectivity index (χ4v) is 1.20. The number of rotatable bonds is 5. The zero-order chi connectivity index (χ0) is 10.4. The van der Waals surface area contributed by atoms with E-state index in [1.165, 1.54) is 0 Å². The van der Waals surface area contributed by atoms with Crippen molar-refractivity contribution in [2.45, 2.75) is 19.4 Å². The van der Waals surface area contributed by atoms with E-state index in [0.29, 0.717) is 11.9 Å². The molecule has 1 atom stereocenters. The van der Waals surface area contributed by atoms with Crippen molar-refractivity contribution in [3.8, 4) is 5.88 Å². The van der Waals surface area contributed by atoms with E-state index < -0.39 is 0 Å². The molecule has 1 unspecified atom stereocenters. The highest BCUT2D eigenvalue weighted by atomic mass is 16.5. The summed E-state index contributed by atoms with van der Waals surface area (Å²) in [4.78, 5) is 4.03. The Balaban J connectivity index is 2.61. The number of hydrogen-bond donors (Lipinski definition) is 1. The van der Waals surface area contributed by atoms with Crippen LogP contribution in [0.2, 0.25) is 0 Å². The number of nitrogens with one attached hydrogen (secondary N) is 1. The minimum Gasteiger partial charge on any atom is -0.481 e. The van der Waals surface area contributed by atoms with Crippen LogP contribution in [-0.4, -0.2) is 18.1 Å². The molecule has 0 fully saturated rings. The van der Waals surface area contributed by atoms with E-state index >= 15 is 0 Å². The third-order valence-corrected chi connectivity index (χ3v) is 1.88. The number of methoxy groups -OCH3 is 1. The Labute approximate surface area is 84.8 Å². The summed E-state index contributed by atoms with van der Waals surface area (Å²) in [5.74, 6) is 0.626. The third kappa shape index (κ3) is 3.09. The first-order chi connectivity index (χ1) is 6.76. The molecule has 3 heteroatoms. The van der Waals surface area contributed by atoms with Gasteiger partial charge in [-0.2, -0.15) is 0 Å². The van der Waals surface area contributed by atoms with Crippen molar-refractivity contribution in [3.05, 3.63) is 31.0 Å². The summed E-state index contributed by atoms with van der Waals surface area (Å²) in [7, 11) is 1.61. The predicted molar refractivity (Wildman–Crippen MR) is 58.7 cm³/mol. The minimum atomic E-state index is 0.375. The largest absolute Gasteiger partial charge is 0.481 e. The van der Waals surface area contributed by atoms with Crippen molar-refractivity contribution in [2.75, 3.05) is 12.4 Å². The van der Waals surface area contributed by atoms with Crippen molar-refractivity contribution in [2.24, 2.45) is 0 Å². The van der Waals surface area contributed by atoms with Crippen LogP contribution in [0.3, 0.4) is 0 Å². The molecule has 3 nitrogen and oxygen atoms in total. The minimum absolute atomic E-state index is 0.375. The number of pyridine rings is 1. The summed E-state index contributed by atoms with van der Waals surface area (Å²) >= 11 is 0. The van der Waals surface area contributed by atoms with Gasteiger partial charge in [-0.1, -0.05) is 6.08 Å². The van der Waals surface area contributed by atoms with Gasteiger partial charge in [0.1, 0.15) is 0 Å². The van der Waals surface area contributed by atoms with Gasteiger partial charge in [0, 0.05) is 24.0 Å². The molecule has 0 saturated heterocycles. The first-order valence-corrected chi connectivity index (χ1v) is 4.63. The van der Waals surface area contributed by atoms with Gasteiger partial charge in [0.15, 0.2) is 0 Å². The van der Waals surface area contributed by atoms with Gasteiger partial charge in [-0.3, -0.25) is 0 Å². The number of aromatic nitrogens is 1. The highest BCUT2D eigenvalue weighted by Gasteiger charge is 2.00. The van der Waals surface area contributed by atoms with Crippen LogP contribution in [0, 0.1) is 0 Å². The topological polar surface area (TPSA) is 34.2 Å². The van der Waals surface area contributed by atoms with Crippen molar-refractivity contribution >= 4 is 5.69 Å². The lowest BCUT2D eigenvalue weighted by Gasteiger charge is -2.13. The summed E-state index contributed by atoms with van der Waals surface area (Å²) in [5.41, 5.74) is 1.02. The Kier molecular flexibility index (Phi) is 3.98. The lowest BCUT2D eigenvalue weighted by Crippen LogP contribution is -2.13. The van der Waals surface area contributed by atoms with Crippen LogP contribution < -0.4 is 10.1 Å². The molecule has 0 aliphatic rings. The Morgan fingerprint density at radius 2 is 2.50 bits per heavy atom. The molecule has 1 rings (SSSR count). The molecular weight excluding hydrogens is 176 g/mol. The molecule has 0 amide bonds. The second kappa shape index (κ2) is 5.27. The predicted octanol–water partition coefficient (Wildman–Crippen LogP) is 2.47. The maximum absolute atomic E-state index is 5.03. The fraction of sp³-hybridized carbons (Fsp3) is 0.364. The van der Waals surface area contributed by atoms with Gasteiger partial charge in [0.25, 0.3) is 0 Å². The van der Waals surface area contributed by atoms with Crippen LogP contribution in [0.25, 0.3) is 0 Å². The standard InChI is InChI=1S/C11H16N2O/c1-4-5-9(2)13-10-6-7-12-11(8-10)14-3/h4,6-9H,1,5H2,2-3H3,(H,12,13). The summed E-state index contributed by atoms with van der Waals surface area (Å²) in [6, 6.07) is 4.17. The molecule has 0 bridgehead atoms. The first kappa shape index (κ1) is 10.6. The number of nitrogens with zero attached hydrogens (tertiary/aromatic N) is 1. The van der Waals surface area contributed by atoms with Crippen molar-refractivity contribution < 1.29 is 4.74 Å². The van der Waals surface area contributed by atoms with Crippen molar-refractivity contribution in [1.82, 2.24) is 4.98 Å². The second-order valence-electron chi connectivity index (χ2n) is 3.16. The smallest absolute Gasteiger partial charge is 0.214 e. The monoisotopic (exact) mass is 192 g/mol. The Bertz CT molecular complexity index is 299. The molecule has 1 heterocycles. The average molecular weight is 192 g/mol. The Morgan fingerprint density at radius 1 is 1.71 bits per heavy atom. The molecule has 0 radical (unpaired) electrons. The van der Waals surface area contributed by atoms with E-state index in [1.807, 2.05) is 18.2 Å². The van der Waals surface area contributed by atoms with E-state index in [1.54, 1.807) is 13.3 Å². The molecular formula is C11H16N2O. The molecule has 0 spiro atoms. The molecule has 0 aliphatic carbocycles. The van der Waals surface area contributed by atoms with Crippen LogP contribution >= 0.6 is 0 Å². The van der Waals surface area contributed by atoms with Crippen LogP contribution in [0.4, 0.5) is 5.69 Å². The summed E-state index contributed by atoms with van der Waals surface area (Å²) < 4.78 is 5.03. The molecule has 0 aromatic carbocycles. The van der Waals surface area contributed by atoms with Gasteiger partial charge in [-0.05, 0) is 19.4 Å². The van der Waals surface area contributed by atoms with Crippen molar-refractivity contribution in [3.63, 3.8) is 0 Å². The van der Waals surface area contributed by atoms with Crippen LogP contribution in [0.5, 0.6) is 5.88 Å². The maximum atomic E-state index is 5.03. The van der Waals surface area contributed by atoms with E-state index in [4.69, 9.17) is 4.74 Å². The molecule has 1 N–H and O–H groups in total. The van der Waals surface area contributed by atoms with E-state index in [0.717, 1.165) is 12.1 Å². The van der Waals surface area contributed by atoms with Crippen LogP contribution in [0.15, 0.2) is 31.0 Å². The van der Waals surface area contributed by atoms with Gasteiger partial charge in [-0.25, -0.2) is 4.98 Å². The molecule has 14 heavy (non-hydrogen) atoms. The lowest BCUT2D eigenvalue weighted by atomic mass is 10.2. The Hall–Kier alpha value is -1.51. The quantitative estimate of drug-likeness (QED) is 0.728. The van der Waals surface area contributed by atoms with E-state index in [9.17, 15) is 0 Å². The fourth-order valence-electron chi connectivity index (χ4n) is 1.20. The van der Waals surface area contributed by atoms with Gasteiger partial charge in [-0.15, -0.1) is 6.58 Å². The molecule has 0 saturated carbocycles. The molecule has 76 valence electrons. The average Bonchev–Trinajstić information content (AvgIpc) is 2.18. The zero-order valence-corrected chi connectivity index (χ0v) is 8.66. The van der Waals surface area contributed by atoms with Crippen LogP contribution in [0.1, 0.15) is 13.3 Å². The van der Waals surface area contributed by atoms with Gasteiger partial charge in [0.2, 0.25) is 5.88 Å². The maximum Gasteiger partial charge on any atom is 0.214 e. The normalized spacial score (nSPS) is 11.9. The summed E-state index contributed by atoms with van der Waals surface area (Å²) in [5, 5.41) is 3.33. The summed E-state index contributed by atoms with van der Waals surface area (Å²) in [6.07, 6.45) is 4.56. The zero-order valence-electron chi connectivity index (χ0n) is 8.66. The van der Waals surface area contributed by atoms with Crippen LogP contribution in [-0.2, 0) is 0 Å².